The fourth-order valence-electron chi connectivity index (χ4n) is 3.27. The molecule has 3 aromatic rings. The number of hydrogen-bond acceptors (Lipinski definition) is 4. The number of nitrogens with zero attached hydrogens (tertiary/aromatic N) is 2. The van der Waals surface area contributed by atoms with Gasteiger partial charge in [-0.2, -0.15) is 0 Å². The van der Waals surface area contributed by atoms with E-state index < -0.39 is 11.0 Å². The van der Waals surface area contributed by atoms with Gasteiger partial charge in [-0.25, -0.2) is 4.21 Å². The van der Waals surface area contributed by atoms with Crippen LogP contribution in [0.1, 0.15) is 0 Å². The first kappa shape index (κ1) is 17.4. The lowest BCUT2D eigenvalue weighted by atomic mass is 10.2. The third kappa shape index (κ3) is 3.20. The number of piperazine rings is 1. The number of anilines is 1. The maximum atomic E-state index is 13.2. The molecule has 1 N–H and O–H groups in total. The number of ether oxygens (including phenoxy) is 1. The van der Waals surface area contributed by atoms with Gasteiger partial charge in [0.25, 0.3) is 0 Å². The van der Waals surface area contributed by atoms with Gasteiger partial charge < -0.3 is 15.0 Å². The van der Waals surface area contributed by atoms with Gasteiger partial charge in [0.1, 0.15) is 5.75 Å². The first-order valence-corrected chi connectivity index (χ1v) is 9.98. The molecule has 1 saturated heterocycles. The van der Waals surface area contributed by atoms with Gasteiger partial charge in [0, 0.05) is 42.8 Å². The monoisotopic (exact) mass is 389 g/mol. The van der Waals surface area contributed by atoms with Gasteiger partial charge in [-0.1, -0.05) is 17.7 Å². The summed E-state index contributed by atoms with van der Waals surface area (Å²) in [7, 11) is 0.302. The molecule has 0 aliphatic carbocycles. The smallest absolute Gasteiger partial charge is 0.157 e. The molecule has 0 saturated carbocycles. The highest BCUT2D eigenvalue weighted by Crippen LogP contribution is 2.32. The van der Waals surface area contributed by atoms with Crippen molar-refractivity contribution >= 4 is 39.2 Å². The topological polar surface area (TPSA) is 46.5 Å². The zero-order valence-corrected chi connectivity index (χ0v) is 16.0. The Morgan fingerprint density at radius 3 is 2.69 bits per heavy atom. The predicted molar refractivity (Wildman–Crippen MR) is 107 cm³/mol. The molecule has 4 rings (SSSR count). The minimum Gasteiger partial charge on any atom is -0.495 e. The summed E-state index contributed by atoms with van der Waals surface area (Å²) in [5.74, 6) is 0.799. The van der Waals surface area contributed by atoms with Crippen LogP contribution >= 0.6 is 11.6 Å². The zero-order valence-electron chi connectivity index (χ0n) is 14.4. The minimum atomic E-state index is -1.36. The maximum absolute atomic E-state index is 13.2. The molecule has 0 spiro atoms. The highest BCUT2D eigenvalue weighted by atomic mass is 35.5. The van der Waals surface area contributed by atoms with Gasteiger partial charge in [0.15, 0.2) is 11.0 Å². The van der Waals surface area contributed by atoms with Gasteiger partial charge in [0.05, 0.1) is 23.2 Å². The summed E-state index contributed by atoms with van der Waals surface area (Å²) in [6, 6.07) is 13.3. The summed E-state index contributed by atoms with van der Waals surface area (Å²) >= 11 is 6.12. The van der Waals surface area contributed by atoms with Crippen LogP contribution in [0.2, 0.25) is 5.02 Å². The molecule has 1 aliphatic rings. The summed E-state index contributed by atoms with van der Waals surface area (Å²) in [5.41, 5.74) is 1.84. The van der Waals surface area contributed by atoms with Crippen LogP contribution in [0, 0.1) is 0 Å². The van der Waals surface area contributed by atoms with Crippen molar-refractivity contribution in [1.29, 1.82) is 0 Å². The number of halogens is 1. The van der Waals surface area contributed by atoms with Crippen LogP contribution < -0.4 is 15.0 Å². The number of hydrogen-bond donors (Lipinski definition) is 1. The Labute approximate surface area is 160 Å². The maximum Gasteiger partial charge on any atom is 0.157 e. The largest absolute Gasteiger partial charge is 0.495 e. The lowest BCUT2D eigenvalue weighted by Crippen LogP contribution is -2.43. The van der Waals surface area contributed by atoms with Crippen LogP contribution in [0.3, 0.4) is 0 Å². The van der Waals surface area contributed by atoms with E-state index in [1.165, 1.54) is 0 Å². The molecule has 1 fully saturated rings. The SMILES string of the molecule is COc1ccc(S(=O)n2ccc3ccc(Cl)cc32)cc1N1CCNCC1. The van der Waals surface area contributed by atoms with Crippen LogP contribution in [0.15, 0.2) is 53.6 Å². The Morgan fingerprint density at radius 2 is 1.92 bits per heavy atom. The number of methoxy groups -OCH3 is 1. The van der Waals surface area contributed by atoms with E-state index in [9.17, 15) is 4.21 Å². The number of benzene rings is 2. The Morgan fingerprint density at radius 1 is 1.12 bits per heavy atom. The van der Waals surface area contributed by atoms with E-state index in [-0.39, 0.29) is 0 Å². The second-order valence-corrected chi connectivity index (χ2v) is 7.96. The normalized spacial score (nSPS) is 16.0. The number of fused-ring (bicyclic) bond motifs is 1. The first-order chi connectivity index (χ1) is 12.7. The van der Waals surface area contributed by atoms with Crippen molar-refractivity contribution in [3.8, 4) is 5.75 Å². The molecule has 136 valence electrons. The van der Waals surface area contributed by atoms with Crippen LogP contribution in [-0.4, -0.2) is 41.5 Å². The quantitative estimate of drug-likeness (QED) is 0.743. The van der Waals surface area contributed by atoms with Gasteiger partial charge in [0.2, 0.25) is 0 Å². The molecule has 26 heavy (non-hydrogen) atoms. The molecule has 1 aromatic heterocycles. The minimum absolute atomic E-state index is 0.630. The van der Waals surface area contributed by atoms with Crippen molar-refractivity contribution < 1.29 is 8.95 Å². The number of aromatic nitrogens is 1. The van der Waals surface area contributed by atoms with Gasteiger partial charge in [-0.3, -0.25) is 3.97 Å². The summed E-state index contributed by atoms with van der Waals surface area (Å²) in [6.45, 7) is 3.65. The van der Waals surface area contributed by atoms with Gasteiger partial charge in [-0.05, 0) is 36.4 Å². The van der Waals surface area contributed by atoms with Crippen molar-refractivity contribution in [3.63, 3.8) is 0 Å². The van der Waals surface area contributed by atoms with Crippen molar-refractivity contribution in [2.45, 2.75) is 4.90 Å². The fourth-order valence-corrected chi connectivity index (χ4v) is 4.56. The number of nitrogens with one attached hydrogen (secondary N) is 1. The van der Waals surface area contributed by atoms with Gasteiger partial charge in [-0.15, -0.1) is 0 Å². The Kier molecular flexibility index (Phi) is 4.89. The summed E-state index contributed by atoms with van der Waals surface area (Å²) < 4.78 is 20.5. The molecule has 0 bridgehead atoms. The van der Waals surface area contributed by atoms with Crippen molar-refractivity contribution in [1.82, 2.24) is 9.29 Å². The molecule has 0 radical (unpaired) electrons. The molecule has 2 heterocycles. The van der Waals surface area contributed by atoms with Crippen molar-refractivity contribution in [2.24, 2.45) is 0 Å². The average molecular weight is 390 g/mol. The Hall–Kier alpha value is -2.02. The van der Waals surface area contributed by atoms with E-state index in [2.05, 4.69) is 10.2 Å². The van der Waals surface area contributed by atoms with Crippen molar-refractivity contribution in [3.05, 3.63) is 53.7 Å². The molecule has 1 atom stereocenters. The van der Waals surface area contributed by atoms with Crippen LogP contribution in [0.4, 0.5) is 5.69 Å². The summed E-state index contributed by atoms with van der Waals surface area (Å²) in [6.07, 6.45) is 1.84. The fraction of sp³-hybridized carbons (Fsp3) is 0.263. The molecule has 0 amide bonds. The highest BCUT2D eigenvalue weighted by Gasteiger charge is 2.18. The molecule has 1 aliphatic heterocycles. The van der Waals surface area contributed by atoms with E-state index in [0.717, 1.165) is 53.4 Å². The summed E-state index contributed by atoms with van der Waals surface area (Å²) in [4.78, 5) is 3.00. The lowest BCUT2D eigenvalue weighted by Gasteiger charge is -2.30. The first-order valence-electron chi connectivity index (χ1n) is 8.50. The Bertz CT molecular complexity index is 967. The second-order valence-electron chi connectivity index (χ2n) is 6.16. The standard InChI is InChI=1S/C19H20ClN3O2S/c1-25-19-5-4-16(13-18(19)22-10-7-21-8-11-22)26(24)23-9-6-14-2-3-15(20)12-17(14)23/h2-6,9,12-13,21H,7-8,10-11H2,1H3. The Balaban J connectivity index is 1.74. The third-order valence-electron chi connectivity index (χ3n) is 4.61. The molecule has 7 heteroatoms. The molecule has 1 unspecified atom stereocenters. The van der Waals surface area contributed by atoms with Crippen LogP contribution in [0.5, 0.6) is 5.75 Å². The van der Waals surface area contributed by atoms with E-state index in [4.69, 9.17) is 16.3 Å². The summed E-state index contributed by atoms with van der Waals surface area (Å²) in [5, 5.41) is 4.99. The highest BCUT2D eigenvalue weighted by molar-refractivity contribution is 7.83. The molecule has 5 nitrogen and oxygen atoms in total. The molecular formula is C19H20ClN3O2S. The second kappa shape index (κ2) is 7.31. The van der Waals surface area contributed by atoms with Crippen LogP contribution in [-0.2, 0) is 11.0 Å². The van der Waals surface area contributed by atoms with E-state index in [1.807, 2.05) is 48.7 Å². The molecular weight excluding hydrogens is 370 g/mol. The van der Waals surface area contributed by atoms with E-state index in [0.29, 0.717) is 5.02 Å². The van der Waals surface area contributed by atoms with E-state index in [1.54, 1.807) is 11.1 Å². The number of rotatable bonds is 4. The van der Waals surface area contributed by atoms with Gasteiger partial charge >= 0.3 is 0 Å². The van der Waals surface area contributed by atoms with Crippen molar-refractivity contribution in [2.75, 3.05) is 38.2 Å². The van der Waals surface area contributed by atoms with E-state index >= 15 is 0 Å². The lowest BCUT2D eigenvalue weighted by molar-refractivity contribution is 0.412. The predicted octanol–water partition coefficient (Wildman–Crippen LogP) is 3.28. The van der Waals surface area contributed by atoms with Crippen LogP contribution in [0.25, 0.3) is 10.9 Å². The molecule has 2 aromatic carbocycles. The third-order valence-corrected chi connectivity index (χ3v) is 6.18. The zero-order chi connectivity index (χ0) is 18.1. The average Bonchev–Trinajstić information content (AvgIpc) is 3.10.